The van der Waals surface area contributed by atoms with E-state index in [9.17, 15) is 9.59 Å². The van der Waals surface area contributed by atoms with Crippen LogP contribution in [0.25, 0.3) is 0 Å². The fraction of sp³-hybridized carbons (Fsp3) is 0.533. The Balaban J connectivity index is 1.80. The number of amides is 1. The molecule has 0 aliphatic heterocycles. The van der Waals surface area contributed by atoms with Crippen molar-refractivity contribution in [1.82, 2.24) is 4.98 Å². The van der Waals surface area contributed by atoms with E-state index in [0.717, 1.165) is 5.82 Å². The minimum Gasteiger partial charge on any atom is -0.481 e. The number of nitrogens with one attached hydrogen (secondary N) is 2. The van der Waals surface area contributed by atoms with Gasteiger partial charge in [-0.1, -0.05) is 19.3 Å². The predicted octanol–water partition coefficient (Wildman–Crippen LogP) is 2.63. The summed E-state index contributed by atoms with van der Waals surface area (Å²) >= 11 is 0. The molecule has 0 spiro atoms. The van der Waals surface area contributed by atoms with Gasteiger partial charge in [-0.3, -0.25) is 9.59 Å². The molecule has 0 radical (unpaired) electrons. The molecule has 1 aromatic heterocycles. The summed E-state index contributed by atoms with van der Waals surface area (Å²) in [5.74, 6) is -0.479. The van der Waals surface area contributed by atoms with Gasteiger partial charge in [0.05, 0.1) is 18.3 Å². The Bertz CT molecular complexity index is 481. The Morgan fingerprint density at radius 3 is 2.57 bits per heavy atom. The standard InChI is InChI=1S/C15H21N3O3/c19-14(8-9-15(20)21)18-12-6-7-13(16-10-12)17-11-4-2-1-3-5-11/h6-7,10-11H,1-5,8-9H2,(H,16,17)(H,18,19)(H,20,21). The average Bonchev–Trinajstić information content (AvgIpc) is 2.48. The Morgan fingerprint density at radius 2 is 1.95 bits per heavy atom. The molecule has 1 fully saturated rings. The molecule has 2 rings (SSSR count). The molecule has 0 bridgehead atoms. The molecule has 21 heavy (non-hydrogen) atoms. The SMILES string of the molecule is O=C(O)CCC(=O)Nc1ccc(NC2CCCCC2)nc1. The number of carbonyl (C=O) groups excluding carboxylic acids is 1. The van der Waals surface area contributed by atoms with Gasteiger partial charge >= 0.3 is 5.97 Å². The summed E-state index contributed by atoms with van der Waals surface area (Å²) in [6.07, 6.45) is 7.57. The summed E-state index contributed by atoms with van der Waals surface area (Å²) < 4.78 is 0. The van der Waals surface area contributed by atoms with Gasteiger partial charge in [-0.15, -0.1) is 0 Å². The van der Waals surface area contributed by atoms with E-state index in [2.05, 4.69) is 15.6 Å². The highest BCUT2D eigenvalue weighted by molar-refractivity contribution is 5.92. The second-order valence-electron chi connectivity index (χ2n) is 5.35. The lowest BCUT2D eigenvalue weighted by molar-refractivity contribution is -0.138. The van der Waals surface area contributed by atoms with Gasteiger partial charge in [0.2, 0.25) is 5.91 Å². The van der Waals surface area contributed by atoms with Crippen molar-refractivity contribution in [2.24, 2.45) is 0 Å². The zero-order valence-electron chi connectivity index (χ0n) is 12.0. The van der Waals surface area contributed by atoms with Crippen LogP contribution in [0.5, 0.6) is 0 Å². The first-order valence-electron chi connectivity index (χ1n) is 7.38. The van der Waals surface area contributed by atoms with E-state index in [1.165, 1.54) is 32.1 Å². The van der Waals surface area contributed by atoms with E-state index < -0.39 is 5.97 Å². The Labute approximate surface area is 124 Å². The second kappa shape index (κ2) is 7.61. The van der Waals surface area contributed by atoms with Crippen molar-refractivity contribution in [2.45, 2.75) is 51.0 Å². The van der Waals surface area contributed by atoms with Gasteiger partial charge in [-0.2, -0.15) is 0 Å². The number of anilines is 2. The van der Waals surface area contributed by atoms with E-state index in [1.807, 2.05) is 6.07 Å². The summed E-state index contributed by atoms with van der Waals surface area (Å²) in [5, 5.41) is 14.6. The molecule has 1 aliphatic carbocycles. The van der Waals surface area contributed by atoms with E-state index in [4.69, 9.17) is 5.11 Å². The molecule has 1 heterocycles. The number of pyridine rings is 1. The summed E-state index contributed by atoms with van der Waals surface area (Å²) in [7, 11) is 0. The van der Waals surface area contributed by atoms with Gasteiger partial charge < -0.3 is 15.7 Å². The molecule has 1 saturated carbocycles. The van der Waals surface area contributed by atoms with Crippen molar-refractivity contribution < 1.29 is 14.7 Å². The van der Waals surface area contributed by atoms with Crippen molar-refractivity contribution in [3.63, 3.8) is 0 Å². The van der Waals surface area contributed by atoms with Crippen LogP contribution < -0.4 is 10.6 Å². The number of carbonyl (C=O) groups is 2. The number of carboxylic acid groups (broad SMARTS) is 1. The molecule has 1 amide bonds. The first-order valence-corrected chi connectivity index (χ1v) is 7.38. The van der Waals surface area contributed by atoms with Gasteiger partial charge in [0, 0.05) is 12.5 Å². The molecule has 114 valence electrons. The Hall–Kier alpha value is -2.11. The van der Waals surface area contributed by atoms with Crippen molar-refractivity contribution in [3.8, 4) is 0 Å². The normalized spacial score (nSPS) is 15.4. The number of aliphatic carboxylic acids is 1. The molecule has 0 aromatic carbocycles. The van der Waals surface area contributed by atoms with Gasteiger partial charge in [0.25, 0.3) is 0 Å². The van der Waals surface area contributed by atoms with Gasteiger partial charge in [0.15, 0.2) is 0 Å². The third-order valence-electron chi connectivity index (χ3n) is 3.57. The van der Waals surface area contributed by atoms with E-state index in [-0.39, 0.29) is 18.7 Å². The van der Waals surface area contributed by atoms with Crippen LogP contribution in [-0.4, -0.2) is 28.0 Å². The van der Waals surface area contributed by atoms with Gasteiger partial charge in [-0.25, -0.2) is 4.98 Å². The van der Waals surface area contributed by atoms with Crippen LogP contribution in [-0.2, 0) is 9.59 Å². The van der Waals surface area contributed by atoms with Crippen LogP contribution >= 0.6 is 0 Å². The highest BCUT2D eigenvalue weighted by atomic mass is 16.4. The largest absolute Gasteiger partial charge is 0.481 e. The van der Waals surface area contributed by atoms with Crippen molar-refractivity contribution in [2.75, 3.05) is 10.6 Å². The molecule has 3 N–H and O–H groups in total. The summed E-state index contributed by atoms with van der Waals surface area (Å²) in [4.78, 5) is 26.2. The van der Waals surface area contributed by atoms with Crippen molar-refractivity contribution in [1.29, 1.82) is 0 Å². The van der Waals surface area contributed by atoms with Crippen LogP contribution in [0.2, 0.25) is 0 Å². The first kappa shape index (κ1) is 15.3. The monoisotopic (exact) mass is 291 g/mol. The summed E-state index contributed by atoms with van der Waals surface area (Å²) in [6, 6.07) is 4.10. The molecule has 1 aliphatic rings. The van der Waals surface area contributed by atoms with Crippen molar-refractivity contribution >= 4 is 23.4 Å². The summed E-state index contributed by atoms with van der Waals surface area (Å²) in [5.41, 5.74) is 0.583. The van der Waals surface area contributed by atoms with E-state index in [1.54, 1.807) is 12.3 Å². The zero-order chi connectivity index (χ0) is 15.1. The lowest BCUT2D eigenvalue weighted by Crippen LogP contribution is -2.22. The highest BCUT2D eigenvalue weighted by Gasteiger charge is 2.13. The summed E-state index contributed by atoms with van der Waals surface area (Å²) in [6.45, 7) is 0. The second-order valence-corrected chi connectivity index (χ2v) is 5.35. The minimum absolute atomic E-state index is 0.0303. The number of rotatable bonds is 6. The van der Waals surface area contributed by atoms with Crippen LogP contribution in [0.15, 0.2) is 18.3 Å². The Kier molecular flexibility index (Phi) is 5.54. The van der Waals surface area contributed by atoms with Gasteiger partial charge in [-0.05, 0) is 25.0 Å². The van der Waals surface area contributed by atoms with Gasteiger partial charge in [0.1, 0.15) is 5.82 Å². The lowest BCUT2D eigenvalue weighted by atomic mass is 9.95. The fourth-order valence-electron chi connectivity index (χ4n) is 2.45. The number of hydrogen-bond donors (Lipinski definition) is 3. The maximum atomic E-state index is 11.5. The molecule has 0 atom stereocenters. The molecular formula is C15H21N3O3. The Morgan fingerprint density at radius 1 is 1.19 bits per heavy atom. The minimum atomic E-state index is -0.977. The molecule has 6 nitrogen and oxygen atoms in total. The number of aromatic nitrogens is 1. The van der Waals surface area contributed by atoms with E-state index >= 15 is 0 Å². The predicted molar refractivity (Wildman–Crippen MR) is 80.2 cm³/mol. The number of hydrogen-bond acceptors (Lipinski definition) is 4. The topological polar surface area (TPSA) is 91.3 Å². The van der Waals surface area contributed by atoms with Crippen LogP contribution in [0, 0.1) is 0 Å². The average molecular weight is 291 g/mol. The molecule has 0 saturated heterocycles. The van der Waals surface area contributed by atoms with Crippen LogP contribution in [0.4, 0.5) is 11.5 Å². The maximum absolute atomic E-state index is 11.5. The number of nitrogens with zero attached hydrogens (tertiary/aromatic N) is 1. The lowest BCUT2D eigenvalue weighted by Gasteiger charge is -2.23. The maximum Gasteiger partial charge on any atom is 0.303 e. The zero-order valence-corrected chi connectivity index (χ0v) is 12.0. The number of carboxylic acids is 1. The quantitative estimate of drug-likeness (QED) is 0.749. The van der Waals surface area contributed by atoms with Crippen LogP contribution in [0.1, 0.15) is 44.9 Å². The molecule has 6 heteroatoms. The van der Waals surface area contributed by atoms with Crippen molar-refractivity contribution in [3.05, 3.63) is 18.3 Å². The molecular weight excluding hydrogens is 270 g/mol. The fourth-order valence-corrected chi connectivity index (χ4v) is 2.45. The van der Waals surface area contributed by atoms with Crippen LogP contribution in [0.3, 0.4) is 0 Å². The van der Waals surface area contributed by atoms with E-state index in [0.29, 0.717) is 11.7 Å². The smallest absolute Gasteiger partial charge is 0.303 e. The molecule has 0 unspecified atom stereocenters. The highest BCUT2D eigenvalue weighted by Crippen LogP contribution is 2.21. The third-order valence-corrected chi connectivity index (χ3v) is 3.57. The third kappa shape index (κ3) is 5.41. The first-order chi connectivity index (χ1) is 10.1. The molecule has 1 aromatic rings.